The molecule has 0 radical (unpaired) electrons. The molecule has 0 N–H and O–H groups in total. The molecule has 1 rings (SSSR count). The number of hydrogen-bond donors (Lipinski definition) is 0. The average molecular weight is 324 g/mol. The van der Waals surface area contributed by atoms with Gasteiger partial charge in [0.25, 0.3) is 0 Å². The standard InChI is InChI=1S/C7H2ClF4I/c8-4-2-5(9)3(1-6(4)13)7(10,11)12/h1-2H. The van der Waals surface area contributed by atoms with Crippen LogP contribution in [-0.4, -0.2) is 0 Å². The number of alkyl halides is 3. The molecule has 13 heavy (non-hydrogen) atoms. The maximum atomic E-state index is 12.7. The largest absolute Gasteiger partial charge is 0.419 e. The van der Waals surface area contributed by atoms with Crippen LogP contribution < -0.4 is 0 Å². The second-order valence-corrected chi connectivity index (χ2v) is 3.81. The average Bonchev–Trinajstić information content (AvgIpc) is 1.94. The first-order chi connectivity index (χ1) is 5.82. The Kier molecular flexibility index (Phi) is 3.06. The number of rotatable bonds is 0. The Balaban J connectivity index is 3.32. The molecule has 1 aromatic carbocycles. The van der Waals surface area contributed by atoms with E-state index in [-0.39, 0.29) is 8.59 Å². The van der Waals surface area contributed by atoms with Gasteiger partial charge < -0.3 is 0 Å². The summed E-state index contributed by atoms with van der Waals surface area (Å²) < 4.78 is 49.1. The van der Waals surface area contributed by atoms with E-state index in [1.165, 1.54) is 0 Å². The molecule has 72 valence electrons. The Morgan fingerprint density at radius 3 is 2.23 bits per heavy atom. The lowest BCUT2D eigenvalue weighted by atomic mass is 10.2. The van der Waals surface area contributed by atoms with Gasteiger partial charge >= 0.3 is 6.18 Å². The number of benzene rings is 1. The van der Waals surface area contributed by atoms with Crippen molar-refractivity contribution in [1.82, 2.24) is 0 Å². The first-order valence-corrected chi connectivity index (χ1v) is 4.50. The van der Waals surface area contributed by atoms with Crippen LogP contribution in [0.1, 0.15) is 5.56 Å². The first-order valence-electron chi connectivity index (χ1n) is 3.04. The van der Waals surface area contributed by atoms with E-state index < -0.39 is 17.6 Å². The van der Waals surface area contributed by atoms with Crippen LogP contribution in [0.3, 0.4) is 0 Å². The molecule has 1 aromatic rings. The fourth-order valence-corrected chi connectivity index (χ4v) is 1.36. The zero-order chi connectivity index (χ0) is 10.2. The molecule has 0 saturated carbocycles. The van der Waals surface area contributed by atoms with E-state index in [9.17, 15) is 17.6 Å². The van der Waals surface area contributed by atoms with Crippen LogP contribution in [0.25, 0.3) is 0 Å². The highest BCUT2D eigenvalue weighted by Crippen LogP contribution is 2.34. The summed E-state index contributed by atoms with van der Waals surface area (Å²) >= 11 is 7.03. The van der Waals surface area contributed by atoms with Gasteiger partial charge in [-0.25, -0.2) is 4.39 Å². The molecule has 0 aliphatic rings. The quantitative estimate of drug-likeness (QED) is 0.383. The van der Waals surface area contributed by atoms with Gasteiger partial charge in [-0.05, 0) is 34.7 Å². The van der Waals surface area contributed by atoms with E-state index in [0.717, 1.165) is 0 Å². The van der Waals surface area contributed by atoms with Crippen LogP contribution in [-0.2, 0) is 6.18 Å². The Labute approximate surface area is 90.0 Å². The second kappa shape index (κ2) is 3.61. The van der Waals surface area contributed by atoms with Crippen molar-refractivity contribution in [2.24, 2.45) is 0 Å². The molecular weight excluding hydrogens is 322 g/mol. The summed E-state index contributed by atoms with van der Waals surface area (Å²) in [6.07, 6.45) is -4.67. The highest BCUT2D eigenvalue weighted by molar-refractivity contribution is 14.1. The lowest BCUT2D eigenvalue weighted by Gasteiger charge is -2.08. The molecule has 6 heteroatoms. The van der Waals surface area contributed by atoms with Crippen molar-refractivity contribution in [2.75, 3.05) is 0 Å². The Hall–Kier alpha value is -0.0400. The van der Waals surface area contributed by atoms with Gasteiger partial charge in [0.2, 0.25) is 0 Å². The van der Waals surface area contributed by atoms with Gasteiger partial charge in [-0.15, -0.1) is 0 Å². The van der Waals surface area contributed by atoms with Crippen molar-refractivity contribution in [3.8, 4) is 0 Å². The maximum Gasteiger partial charge on any atom is 0.419 e. The summed E-state index contributed by atoms with van der Waals surface area (Å²) in [5.41, 5.74) is -1.29. The summed E-state index contributed by atoms with van der Waals surface area (Å²) in [6.45, 7) is 0. The third kappa shape index (κ3) is 2.46. The van der Waals surface area contributed by atoms with Gasteiger partial charge in [0.05, 0.1) is 10.6 Å². The molecule has 0 nitrogen and oxygen atoms in total. The van der Waals surface area contributed by atoms with Gasteiger partial charge in [0.1, 0.15) is 5.82 Å². The monoisotopic (exact) mass is 324 g/mol. The van der Waals surface area contributed by atoms with Crippen molar-refractivity contribution >= 4 is 34.2 Å². The van der Waals surface area contributed by atoms with Crippen molar-refractivity contribution < 1.29 is 17.6 Å². The third-order valence-electron chi connectivity index (χ3n) is 1.32. The van der Waals surface area contributed by atoms with Crippen LogP contribution in [0.15, 0.2) is 12.1 Å². The van der Waals surface area contributed by atoms with Crippen molar-refractivity contribution in [1.29, 1.82) is 0 Å². The third-order valence-corrected chi connectivity index (χ3v) is 2.84. The van der Waals surface area contributed by atoms with E-state index in [0.29, 0.717) is 12.1 Å². The van der Waals surface area contributed by atoms with Crippen molar-refractivity contribution in [2.45, 2.75) is 6.18 Å². The van der Waals surface area contributed by atoms with Crippen LogP contribution in [0, 0.1) is 9.39 Å². The van der Waals surface area contributed by atoms with Gasteiger partial charge in [-0.1, -0.05) is 11.6 Å². The minimum absolute atomic E-state index is 0.0221. The van der Waals surface area contributed by atoms with Crippen molar-refractivity contribution in [3.05, 3.63) is 32.1 Å². The maximum absolute atomic E-state index is 12.7. The lowest BCUT2D eigenvalue weighted by molar-refractivity contribution is -0.140. The van der Waals surface area contributed by atoms with E-state index >= 15 is 0 Å². The Bertz CT molecular complexity index is 334. The zero-order valence-corrected chi connectivity index (χ0v) is 8.84. The predicted octanol–water partition coefficient (Wildman–Crippen LogP) is 4.10. The van der Waals surface area contributed by atoms with Gasteiger partial charge in [-0.3, -0.25) is 0 Å². The molecule has 0 atom stereocenters. The summed E-state index contributed by atoms with van der Waals surface area (Å²) in [7, 11) is 0. The highest BCUT2D eigenvalue weighted by Gasteiger charge is 2.34. The predicted molar refractivity (Wildman–Crippen MR) is 49.1 cm³/mol. The zero-order valence-electron chi connectivity index (χ0n) is 5.92. The summed E-state index contributed by atoms with van der Waals surface area (Å²) in [5.74, 6) is -1.35. The normalized spacial score (nSPS) is 11.8. The van der Waals surface area contributed by atoms with Crippen LogP contribution in [0.5, 0.6) is 0 Å². The topological polar surface area (TPSA) is 0 Å². The molecule has 0 saturated heterocycles. The second-order valence-electron chi connectivity index (χ2n) is 2.24. The van der Waals surface area contributed by atoms with Gasteiger partial charge in [-0.2, -0.15) is 13.2 Å². The van der Waals surface area contributed by atoms with E-state index in [2.05, 4.69) is 0 Å². The molecule has 0 aliphatic carbocycles. The van der Waals surface area contributed by atoms with Crippen molar-refractivity contribution in [3.63, 3.8) is 0 Å². The molecule has 0 aromatic heterocycles. The number of hydrogen-bond acceptors (Lipinski definition) is 0. The molecule has 0 unspecified atom stereocenters. The minimum Gasteiger partial charge on any atom is -0.206 e. The van der Waals surface area contributed by atoms with E-state index in [4.69, 9.17) is 11.6 Å². The summed E-state index contributed by atoms with van der Waals surface area (Å²) in [6, 6.07) is 1.34. The molecule has 0 heterocycles. The summed E-state index contributed by atoms with van der Waals surface area (Å²) in [5, 5.41) is -0.0221. The molecule has 0 aliphatic heterocycles. The number of halogens is 6. The van der Waals surface area contributed by atoms with Crippen LogP contribution >= 0.6 is 34.2 Å². The minimum atomic E-state index is -4.67. The van der Waals surface area contributed by atoms with Crippen LogP contribution in [0.2, 0.25) is 5.02 Å². The SMILES string of the molecule is Fc1cc(Cl)c(I)cc1C(F)(F)F. The molecule has 0 amide bonds. The highest BCUT2D eigenvalue weighted by atomic mass is 127. The van der Waals surface area contributed by atoms with Crippen LogP contribution in [0.4, 0.5) is 17.6 Å². The first kappa shape index (κ1) is 11.0. The smallest absolute Gasteiger partial charge is 0.206 e. The Morgan fingerprint density at radius 2 is 1.77 bits per heavy atom. The molecule has 0 bridgehead atoms. The molecular formula is C7H2ClF4I. The lowest BCUT2D eigenvalue weighted by Crippen LogP contribution is -2.08. The molecule has 0 spiro atoms. The fourth-order valence-electron chi connectivity index (χ4n) is 0.740. The van der Waals surface area contributed by atoms with Gasteiger partial charge in [0, 0.05) is 3.57 Å². The van der Waals surface area contributed by atoms with E-state index in [1.807, 2.05) is 0 Å². The Morgan fingerprint density at radius 1 is 1.23 bits per heavy atom. The van der Waals surface area contributed by atoms with Gasteiger partial charge in [0.15, 0.2) is 0 Å². The molecule has 0 fully saturated rings. The van der Waals surface area contributed by atoms with E-state index in [1.54, 1.807) is 22.6 Å². The fraction of sp³-hybridized carbons (Fsp3) is 0.143. The summed E-state index contributed by atoms with van der Waals surface area (Å²) in [4.78, 5) is 0.